The molecule has 9 heteroatoms. The molecule has 0 saturated carbocycles. The molecular formula is C17H21F3N2O4. The van der Waals surface area contributed by atoms with Crippen LogP contribution >= 0.6 is 0 Å². The molecule has 6 nitrogen and oxygen atoms in total. The SMILES string of the molecule is COCCCNC(=O)[C@@H]1CC(=O)N(Cc2ccc(OC(F)(F)F)cc2)C1. The number of benzene rings is 1. The van der Waals surface area contributed by atoms with E-state index in [0.717, 1.165) is 0 Å². The minimum Gasteiger partial charge on any atom is -0.406 e. The first-order valence-corrected chi connectivity index (χ1v) is 8.17. The number of amides is 2. The van der Waals surface area contributed by atoms with E-state index in [1.54, 1.807) is 7.11 Å². The average Bonchev–Trinajstić information content (AvgIpc) is 2.93. The van der Waals surface area contributed by atoms with Gasteiger partial charge in [-0.1, -0.05) is 12.1 Å². The van der Waals surface area contributed by atoms with Gasteiger partial charge in [-0.25, -0.2) is 0 Å². The van der Waals surface area contributed by atoms with Crippen LogP contribution in [0.3, 0.4) is 0 Å². The molecule has 1 fully saturated rings. The number of hydrogen-bond acceptors (Lipinski definition) is 4. The molecule has 144 valence electrons. The molecule has 1 aliphatic heterocycles. The molecule has 1 heterocycles. The van der Waals surface area contributed by atoms with Crippen molar-refractivity contribution in [3.05, 3.63) is 29.8 Å². The molecular weight excluding hydrogens is 353 g/mol. The Kier molecular flexibility index (Phi) is 6.84. The van der Waals surface area contributed by atoms with Gasteiger partial charge in [0.25, 0.3) is 0 Å². The molecule has 1 aromatic carbocycles. The molecule has 1 atom stereocenters. The van der Waals surface area contributed by atoms with Crippen LogP contribution in [0.25, 0.3) is 0 Å². The zero-order valence-corrected chi connectivity index (χ0v) is 14.3. The highest BCUT2D eigenvalue weighted by molar-refractivity contribution is 5.89. The number of halogens is 3. The van der Waals surface area contributed by atoms with E-state index in [1.807, 2.05) is 0 Å². The molecule has 2 amide bonds. The lowest BCUT2D eigenvalue weighted by Crippen LogP contribution is -2.33. The molecule has 1 saturated heterocycles. The van der Waals surface area contributed by atoms with Crippen molar-refractivity contribution in [2.24, 2.45) is 5.92 Å². The Balaban J connectivity index is 1.84. The minimum atomic E-state index is -4.74. The summed E-state index contributed by atoms with van der Waals surface area (Å²) in [5.74, 6) is -1.07. The third-order valence-electron chi connectivity index (χ3n) is 3.94. The molecule has 0 spiro atoms. The summed E-state index contributed by atoms with van der Waals surface area (Å²) in [7, 11) is 1.58. The fraction of sp³-hybridized carbons (Fsp3) is 0.529. The maximum atomic E-state index is 12.2. The lowest BCUT2D eigenvalue weighted by molar-refractivity contribution is -0.274. The summed E-state index contributed by atoms with van der Waals surface area (Å²) in [5.41, 5.74) is 0.661. The Morgan fingerprint density at radius 1 is 1.31 bits per heavy atom. The summed E-state index contributed by atoms with van der Waals surface area (Å²) in [6.07, 6.45) is -3.92. The molecule has 0 bridgehead atoms. The Hall–Kier alpha value is -2.29. The van der Waals surface area contributed by atoms with E-state index < -0.39 is 12.3 Å². The summed E-state index contributed by atoms with van der Waals surface area (Å²) in [6.45, 7) is 1.55. The van der Waals surface area contributed by atoms with Crippen molar-refractivity contribution in [2.75, 3.05) is 26.8 Å². The molecule has 0 aliphatic carbocycles. The van der Waals surface area contributed by atoms with Gasteiger partial charge in [-0.2, -0.15) is 0 Å². The lowest BCUT2D eigenvalue weighted by Gasteiger charge is -2.17. The van der Waals surface area contributed by atoms with E-state index >= 15 is 0 Å². The average molecular weight is 374 g/mol. The first-order valence-electron chi connectivity index (χ1n) is 8.17. The highest BCUT2D eigenvalue weighted by Gasteiger charge is 2.34. The normalized spacial score (nSPS) is 17.5. The second-order valence-corrected chi connectivity index (χ2v) is 6.00. The number of rotatable bonds is 8. The van der Waals surface area contributed by atoms with Gasteiger partial charge in [0, 0.05) is 39.8 Å². The van der Waals surface area contributed by atoms with Crippen molar-refractivity contribution >= 4 is 11.8 Å². The molecule has 1 aromatic rings. The zero-order chi connectivity index (χ0) is 19.2. The standard InChI is InChI=1S/C17H21F3N2O4/c1-25-8-2-7-21-16(24)13-9-15(23)22(11-13)10-12-3-5-14(6-4-12)26-17(18,19)20/h3-6,13H,2,7-11H2,1H3,(H,21,24)/t13-/m1/s1. The number of nitrogens with zero attached hydrogens (tertiary/aromatic N) is 1. The quantitative estimate of drug-likeness (QED) is 0.708. The van der Waals surface area contributed by atoms with Gasteiger partial charge in [-0.05, 0) is 24.1 Å². The van der Waals surface area contributed by atoms with Gasteiger partial charge in [0.15, 0.2) is 0 Å². The highest BCUT2D eigenvalue weighted by atomic mass is 19.4. The van der Waals surface area contributed by atoms with Crippen LogP contribution in [0.4, 0.5) is 13.2 Å². The molecule has 26 heavy (non-hydrogen) atoms. The second-order valence-electron chi connectivity index (χ2n) is 6.00. The van der Waals surface area contributed by atoms with Crippen LogP contribution in [0, 0.1) is 5.92 Å². The summed E-state index contributed by atoms with van der Waals surface area (Å²) in [6, 6.07) is 5.33. The van der Waals surface area contributed by atoms with Gasteiger partial charge in [0.05, 0.1) is 5.92 Å². The smallest absolute Gasteiger partial charge is 0.406 e. The molecule has 0 aromatic heterocycles. The van der Waals surface area contributed by atoms with E-state index in [9.17, 15) is 22.8 Å². The number of alkyl halides is 3. The van der Waals surface area contributed by atoms with Crippen LogP contribution in [-0.4, -0.2) is 49.9 Å². The van der Waals surface area contributed by atoms with E-state index in [1.165, 1.54) is 29.2 Å². The largest absolute Gasteiger partial charge is 0.573 e. The monoisotopic (exact) mass is 374 g/mol. The third kappa shape index (κ3) is 6.21. The number of carbonyl (C=O) groups is 2. The van der Waals surface area contributed by atoms with Crippen LogP contribution in [0.5, 0.6) is 5.75 Å². The Labute approximate surface area is 149 Å². The minimum absolute atomic E-state index is 0.130. The topological polar surface area (TPSA) is 67.9 Å². The van der Waals surface area contributed by atoms with E-state index in [-0.39, 0.29) is 37.1 Å². The summed E-state index contributed by atoms with van der Waals surface area (Å²) in [4.78, 5) is 25.7. The molecule has 0 unspecified atom stereocenters. The number of nitrogens with one attached hydrogen (secondary N) is 1. The van der Waals surface area contributed by atoms with Crippen LogP contribution in [0.2, 0.25) is 0 Å². The Morgan fingerprint density at radius 2 is 2.00 bits per heavy atom. The van der Waals surface area contributed by atoms with Gasteiger partial charge < -0.3 is 19.7 Å². The predicted octanol–water partition coefficient (Wildman–Crippen LogP) is 2.09. The maximum Gasteiger partial charge on any atom is 0.573 e. The molecule has 0 radical (unpaired) electrons. The Bertz CT molecular complexity index is 619. The van der Waals surface area contributed by atoms with Gasteiger partial charge in [-0.3, -0.25) is 9.59 Å². The van der Waals surface area contributed by atoms with Crippen molar-refractivity contribution in [2.45, 2.75) is 25.7 Å². The van der Waals surface area contributed by atoms with Gasteiger partial charge in [0.1, 0.15) is 5.75 Å². The van der Waals surface area contributed by atoms with Crippen LogP contribution in [-0.2, 0) is 20.9 Å². The molecule has 1 N–H and O–H groups in total. The van der Waals surface area contributed by atoms with E-state index in [2.05, 4.69) is 10.1 Å². The summed E-state index contributed by atoms with van der Waals surface area (Å²) >= 11 is 0. The predicted molar refractivity (Wildman–Crippen MR) is 86.2 cm³/mol. The first-order chi connectivity index (χ1) is 12.3. The summed E-state index contributed by atoms with van der Waals surface area (Å²) in [5, 5.41) is 2.77. The van der Waals surface area contributed by atoms with Gasteiger partial charge in [-0.15, -0.1) is 13.2 Å². The highest BCUT2D eigenvalue weighted by Crippen LogP contribution is 2.24. The van der Waals surface area contributed by atoms with Gasteiger partial charge >= 0.3 is 6.36 Å². The fourth-order valence-electron chi connectivity index (χ4n) is 2.69. The lowest BCUT2D eigenvalue weighted by atomic mass is 10.1. The van der Waals surface area contributed by atoms with Crippen molar-refractivity contribution < 1.29 is 32.2 Å². The zero-order valence-electron chi connectivity index (χ0n) is 14.3. The van der Waals surface area contributed by atoms with Crippen molar-refractivity contribution in [3.63, 3.8) is 0 Å². The van der Waals surface area contributed by atoms with Crippen LogP contribution in [0.1, 0.15) is 18.4 Å². The van der Waals surface area contributed by atoms with Crippen molar-refractivity contribution in [3.8, 4) is 5.75 Å². The number of likely N-dealkylation sites (tertiary alicyclic amines) is 1. The first kappa shape index (κ1) is 20.0. The van der Waals surface area contributed by atoms with Gasteiger partial charge in [0.2, 0.25) is 11.8 Å². The van der Waals surface area contributed by atoms with Crippen LogP contribution < -0.4 is 10.1 Å². The number of carbonyl (C=O) groups excluding carboxylic acids is 2. The van der Waals surface area contributed by atoms with E-state index in [0.29, 0.717) is 25.1 Å². The number of ether oxygens (including phenoxy) is 2. The third-order valence-corrected chi connectivity index (χ3v) is 3.94. The summed E-state index contributed by atoms with van der Waals surface area (Å²) < 4.78 is 45.2. The second kappa shape index (κ2) is 8.88. The van der Waals surface area contributed by atoms with Crippen molar-refractivity contribution in [1.29, 1.82) is 0 Å². The molecule has 1 aliphatic rings. The van der Waals surface area contributed by atoms with Crippen molar-refractivity contribution in [1.82, 2.24) is 10.2 Å². The maximum absolute atomic E-state index is 12.2. The molecule has 2 rings (SSSR count). The Morgan fingerprint density at radius 3 is 2.62 bits per heavy atom. The fourth-order valence-corrected chi connectivity index (χ4v) is 2.69. The van der Waals surface area contributed by atoms with Crippen LogP contribution in [0.15, 0.2) is 24.3 Å². The number of hydrogen-bond donors (Lipinski definition) is 1. The number of methoxy groups -OCH3 is 1. The van der Waals surface area contributed by atoms with E-state index in [4.69, 9.17) is 4.74 Å².